The average molecular weight is 209 g/mol. The highest BCUT2D eigenvalue weighted by atomic mass is 32.1. The lowest BCUT2D eigenvalue weighted by atomic mass is 10.1. The molecule has 1 N–H and O–H groups in total. The molecule has 0 spiro atoms. The summed E-state index contributed by atoms with van der Waals surface area (Å²) in [6, 6.07) is 6.57. The van der Waals surface area contributed by atoms with E-state index in [-0.39, 0.29) is 11.7 Å². The first-order valence-electron chi connectivity index (χ1n) is 4.12. The molecule has 72 valence electrons. The van der Waals surface area contributed by atoms with Gasteiger partial charge in [0.05, 0.1) is 5.38 Å². The Morgan fingerprint density at radius 2 is 2.14 bits per heavy atom. The summed E-state index contributed by atoms with van der Waals surface area (Å²) in [5, 5.41) is 11.3. The normalized spacial score (nSPS) is 10.4. The smallest absolute Gasteiger partial charge is 0.222 e. The van der Waals surface area contributed by atoms with Crippen molar-refractivity contribution in [3.8, 4) is 5.88 Å². The summed E-state index contributed by atoms with van der Waals surface area (Å²) in [6.45, 7) is 0. The number of aromatic hydroxyl groups is 1. The summed E-state index contributed by atoms with van der Waals surface area (Å²) in [5.41, 5.74) is 0.599. The van der Waals surface area contributed by atoms with E-state index in [1.165, 1.54) is 22.8 Å². The molecular formula is C10H8FNOS. The molecule has 14 heavy (non-hydrogen) atoms. The third-order valence-electron chi connectivity index (χ3n) is 1.84. The Bertz CT molecular complexity index is 441. The van der Waals surface area contributed by atoms with Gasteiger partial charge in [-0.3, -0.25) is 0 Å². The van der Waals surface area contributed by atoms with Crippen molar-refractivity contribution >= 4 is 11.3 Å². The Kier molecular flexibility index (Phi) is 2.45. The zero-order chi connectivity index (χ0) is 9.97. The standard InChI is InChI=1S/C10H8FNOS/c11-8-4-2-1-3-7(8)5-10-12-9(13)6-14-10/h1-4,6,13H,5H2. The molecule has 1 heterocycles. The van der Waals surface area contributed by atoms with Crippen LogP contribution in [0.3, 0.4) is 0 Å². The molecule has 0 saturated heterocycles. The van der Waals surface area contributed by atoms with Crippen LogP contribution in [-0.4, -0.2) is 10.1 Å². The van der Waals surface area contributed by atoms with Crippen LogP contribution in [-0.2, 0) is 6.42 Å². The Hall–Kier alpha value is -1.42. The topological polar surface area (TPSA) is 33.1 Å². The van der Waals surface area contributed by atoms with Crippen LogP contribution < -0.4 is 0 Å². The first kappa shape index (κ1) is 9.15. The molecular weight excluding hydrogens is 201 g/mol. The second-order valence-corrected chi connectivity index (χ2v) is 3.81. The molecule has 2 rings (SSSR count). The van der Waals surface area contributed by atoms with E-state index in [0.29, 0.717) is 17.0 Å². The minimum atomic E-state index is -0.234. The first-order valence-corrected chi connectivity index (χ1v) is 5.00. The highest BCUT2D eigenvalue weighted by Crippen LogP contribution is 2.19. The Labute approximate surface area is 84.7 Å². The Balaban J connectivity index is 2.23. The van der Waals surface area contributed by atoms with Crippen LogP contribution in [0.1, 0.15) is 10.6 Å². The summed E-state index contributed by atoms with van der Waals surface area (Å²) in [4.78, 5) is 3.85. The molecule has 4 heteroatoms. The van der Waals surface area contributed by atoms with Crippen LogP contribution in [0.2, 0.25) is 0 Å². The van der Waals surface area contributed by atoms with Gasteiger partial charge in [0.25, 0.3) is 0 Å². The van der Waals surface area contributed by atoms with Crippen molar-refractivity contribution in [3.63, 3.8) is 0 Å². The molecule has 1 aromatic carbocycles. The van der Waals surface area contributed by atoms with Crippen LogP contribution in [0.4, 0.5) is 4.39 Å². The van der Waals surface area contributed by atoms with Crippen molar-refractivity contribution in [1.82, 2.24) is 4.98 Å². The zero-order valence-electron chi connectivity index (χ0n) is 7.27. The van der Waals surface area contributed by atoms with Crippen molar-refractivity contribution in [2.75, 3.05) is 0 Å². The summed E-state index contributed by atoms with van der Waals surface area (Å²) in [7, 11) is 0. The number of hydrogen-bond acceptors (Lipinski definition) is 3. The van der Waals surface area contributed by atoms with Crippen LogP contribution >= 0.6 is 11.3 Å². The molecule has 0 saturated carbocycles. The maximum Gasteiger partial charge on any atom is 0.222 e. The van der Waals surface area contributed by atoms with E-state index in [1.807, 2.05) is 0 Å². The summed E-state index contributed by atoms with van der Waals surface area (Å²) >= 11 is 1.33. The van der Waals surface area contributed by atoms with Crippen molar-refractivity contribution in [3.05, 3.63) is 46.0 Å². The molecule has 0 fully saturated rings. The van der Waals surface area contributed by atoms with Gasteiger partial charge in [-0.25, -0.2) is 9.37 Å². The largest absolute Gasteiger partial charge is 0.493 e. The maximum absolute atomic E-state index is 13.2. The van der Waals surface area contributed by atoms with Gasteiger partial charge in [0, 0.05) is 6.42 Å². The Morgan fingerprint density at radius 3 is 2.79 bits per heavy atom. The van der Waals surface area contributed by atoms with Crippen LogP contribution in [0.25, 0.3) is 0 Å². The fourth-order valence-corrected chi connectivity index (χ4v) is 1.87. The maximum atomic E-state index is 13.2. The van der Waals surface area contributed by atoms with Crippen molar-refractivity contribution in [2.45, 2.75) is 6.42 Å². The van der Waals surface area contributed by atoms with Gasteiger partial charge in [0.2, 0.25) is 5.88 Å². The fourth-order valence-electron chi connectivity index (χ4n) is 1.19. The summed E-state index contributed by atoms with van der Waals surface area (Å²) in [6.07, 6.45) is 0.428. The zero-order valence-corrected chi connectivity index (χ0v) is 8.09. The van der Waals surface area contributed by atoms with E-state index < -0.39 is 0 Å². The monoisotopic (exact) mass is 209 g/mol. The summed E-state index contributed by atoms with van der Waals surface area (Å²) in [5.74, 6) is -0.233. The molecule has 1 aromatic heterocycles. The lowest BCUT2D eigenvalue weighted by Gasteiger charge is -1.98. The van der Waals surface area contributed by atoms with Gasteiger partial charge in [0.15, 0.2) is 0 Å². The molecule has 2 nitrogen and oxygen atoms in total. The number of halogens is 1. The van der Waals surface area contributed by atoms with Gasteiger partial charge >= 0.3 is 0 Å². The number of benzene rings is 1. The van der Waals surface area contributed by atoms with Crippen molar-refractivity contribution in [2.24, 2.45) is 0 Å². The van der Waals surface area contributed by atoms with E-state index in [0.717, 1.165) is 0 Å². The van der Waals surface area contributed by atoms with Crippen LogP contribution in [0, 0.1) is 5.82 Å². The van der Waals surface area contributed by atoms with Gasteiger partial charge < -0.3 is 5.11 Å². The molecule has 0 aliphatic rings. The summed E-state index contributed by atoms with van der Waals surface area (Å²) < 4.78 is 13.2. The second kappa shape index (κ2) is 3.75. The number of thiazole rings is 1. The predicted octanol–water partition coefficient (Wildman–Crippen LogP) is 2.58. The first-order chi connectivity index (χ1) is 6.75. The molecule has 2 aromatic rings. The molecule has 0 aliphatic carbocycles. The molecule has 0 amide bonds. The SMILES string of the molecule is Oc1csc(Cc2ccccc2F)n1. The van der Waals surface area contributed by atoms with Crippen LogP contribution in [0.5, 0.6) is 5.88 Å². The molecule has 0 aliphatic heterocycles. The van der Waals surface area contributed by atoms with E-state index in [2.05, 4.69) is 4.98 Å². The molecule has 0 atom stereocenters. The van der Waals surface area contributed by atoms with E-state index in [1.54, 1.807) is 18.2 Å². The number of rotatable bonds is 2. The lowest BCUT2D eigenvalue weighted by molar-refractivity contribution is 0.456. The van der Waals surface area contributed by atoms with Crippen LogP contribution in [0.15, 0.2) is 29.6 Å². The van der Waals surface area contributed by atoms with E-state index in [4.69, 9.17) is 5.11 Å². The number of aromatic nitrogens is 1. The third-order valence-corrected chi connectivity index (χ3v) is 2.68. The molecule has 0 bridgehead atoms. The van der Waals surface area contributed by atoms with Gasteiger partial charge in [-0.1, -0.05) is 18.2 Å². The van der Waals surface area contributed by atoms with Gasteiger partial charge in [-0.05, 0) is 11.6 Å². The van der Waals surface area contributed by atoms with Crippen molar-refractivity contribution < 1.29 is 9.50 Å². The number of hydrogen-bond donors (Lipinski definition) is 1. The average Bonchev–Trinajstić information content (AvgIpc) is 2.56. The minimum Gasteiger partial charge on any atom is -0.493 e. The highest BCUT2D eigenvalue weighted by Gasteiger charge is 2.05. The van der Waals surface area contributed by atoms with Gasteiger partial charge in [-0.15, -0.1) is 11.3 Å². The third kappa shape index (κ3) is 1.90. The number of nitrogens with zero attached hydrogens (tertiary/aromatic N) is 1. The van der Waals surface area contributed by atoms with E-state index in [9.17, 15) is 4.39 Å². The van der Waals surface area contributed by atoms with E-state index >= 15 is 0 Å². The molecule has 0 unspecified atom stereocenters. The van der Waals surface area contributed by atoms with Crippen molar-refractivity contribution in [1.29, 1.82) is 0 Å². The fraction of sp³-hybridized carbons (Fsp3) is 0.100. The van der Waals surface area contributed by atoms with Gasteiger partial charge in [-0.2, -0.15) is 0 Å². The highest BCUT2D eigenvalue weighted by molar-refractivity contribution is 7.09. The molecule has 0 radical (unpaired) electrons. The Morgan fingerprint density at radius 1 is 1.36 bits per heavy atom. The predicted molar refractivity (Wildman–Crippen MR) is 53.0 cm³/mol. The van der Waals surface area contributed by atoms with Gasteiger partial charge in [0.1, 0.15) is 10.8 Å². The second-order valence-electron chi connectivity index (χ2n) is 2.87. The quantitative estimate of drug-likeness (QED) is 0.824. The minimum absolute atomic E-state index is 0.00124. The lowest BCUT2D eigenvalue weighted by Crippen LogP contribution is -1.90.